The summed E-state index contributed by atoms with van der Waals surface area (Å²) in [6.07, 6.45) is -0.744. The molecule has 0 saturated heterocycles. The van der Waals surface area contributed by atoms with E-state index in [0.717, 1.165) is 5.56 Å². The van der Waals surface area contributed by atoms with Gasteiger partial charge in [0.25, 0.3) is 11.8 Å². The molecule has 3 rings (SSSR count). The van der Waals surface area contributed by atoms with E-state index in [1.807, 2.05) is 30.3 Å². The highest BCUT2D eigenvalue weighted by Crippen LogP contribution is 2.22. The van der Waals surface area contributed by atoms with Crippen molar-refractivity contribution in [3.8, 4) is 17.2 Å². The molecule has 0 fully saturated rings. The van der Waals surface area contributed by atoms with Gasteiger partial charge in [-0.15, -0.1) is 10.2 Å². The van der Waals surface area contributed by atoms with Crippen LogP contribution in [0.15, 0.2) is 59.0 Å². The van der Waals surface area contributed by atoms with E-state index in [4.69, 9.17) is 13.9 Å². The van der Waals surface area contributed by atoms with E-state index in [-0.39, 0.29) is 12.4 Å². The molecule has 8 nitrogen and oxygen atoms in total. The van der Waals surface area contributed by atoms with Crippen molar-refractivity contribution in [2.24, 2.45) is 0 Å². The Morgan fingerprint density at radius 1 is 1.11 bits per heavy atom. The van der Waals surface area contributed by atoms with Crippen molar-refractivity contribution >= 4 is 11.9 Å². The van der Waals surface area contributed by atoms with Gasteiger partial charge < -0.3 is 19.2 Å². The molecule has 1 aromatic heterocycles. The number of nitrogens with zero attached hydrogens (tertiary/aromatic N) is 2. The molecule has 0 aliphatic rings. The topological polar surface area (TPSA) is 104 Å². The van der Waals surface area contributed by atoms with Crippen LogP contribution in [-0.4, -0.2) is 35.7 Å². The second kappa shape index (κ2) is 8.81. The van der Waals surface area contributed by atoms with Crippen molar-refractivity contribution in [3.63, 3.8) is 0 Å². The first-order chi connectivity index (χ1) is 13.6. The van der Waals surface area contributed by atoms with Crippen LogP contribution >= 0.6 is 0 Å². The standard InChI is InChI=1S/C20H19N3O5/c1-13(19-22-23-20(28-19)14-7-4-3-5-8-14)27-17(24)12-21-18(25)15-9-6-10-16(11-15)26-2/h3-11,13H,12H2,1-2H3,(H,21,25)/t13-/m0/s1. The number of carbonyl (C=O) groups is 2. The second-order valence-electron chi connectivity index (χ2n) is 5.86. The summed E-state index contributed by atoms with van der Waals surface area (Å²) >= 11 is 0. The zero-order valence-corrected chi connectivity index (χ0v) is 15.4. The number of hydrogen-bond donors (Lipinski definition) is 1. The lowest BCUT2D eigenvalue weighted by molar-refractivity contribution is -0.148. The highest BCUT2D eigenvalue weighted by molar-refractivity contribution is 5.96. The summed E-state index contributed by atoms with van der Waals surface area (Å²) in [5.74, 6) is 0.0291. The predicted molar refractivity (Wildman–Crippen MR) is 99.6 cm³/mol. The zero-order valence-electron chi connectivity index (χ0n) is 15.4. The molecule has 0 bridgehead atoms. The molecule has 144 valence electrons. The Morgan fingerprint density at radius 2 is 1.89 bits per heavy atom. The molecule has 0 radical (unpaired) electrons. The molecule has 0 spiro atoms. The molecular weight excluding hydrogens is 362 g/mol. The summed E-state index contributed by atoms with van der Waals surface area (Å²) in [5.41, 5.74) is 1.15. The number of carbonyl (C=O) groups excluding carboxylic acids is 2. The number of esters is 1. The monoisotopic (exact) mass is 381 g/mol. The van der Waals surface area contributed by atoms with Gasteiger partial charge in [-0.05, 0) is 37.3 Å². The number of rotatable bonds is 7. The molecule has 2 aromatic carbocycles. The Bertz CT molecular complexity index is 955. The molecule has 0 saturated carbocycles. The fraction of sp³-hybridized carbons (Fsp3) is 0.200. The van der Waals surface area contributed by atoms with Crippen LogP contribution in [0.5, 0.6) is 5.75 Å². The Labute approximate surface area is 161 Å². The third kappa shape index (κ3) is 4.73. The Balaban J connectivity index is 1.53. The second-order valence-corrected chi connectivity index (χ2v) is 5.86. The van der Waals surface area contributed by atoms with Gasteiger partial charge in [-0.3, -0.25) is 9.59 Å². The van der Waals surface area contributed by atoms with Gasteiger partial charge >= 0.3 is 5.97 Å². The van der Waals surface area contributed by atoms with Gasteiger partial charge in [0.2, 0.25) is 5.89 Å². The van der Waals surface area contributed by atoms with E-state index in [2.05, 4.69) is 15.5 Å². The number of amides is 1. The van der Waals surface area contributed by atoms with E-state index in [1.165, 1.54) is 7.11 Å². The molecule has 3 aromatic rings. The van der Waals surface area contributed by atoms with Crippen molar-refractivity contribution in [1.82, 2.24) is 15.5 Å². The van der Waals surface area contributed by atoms with Crippen molar-refractivity contribution < 1.29 is 23.5 Å². The maximum Gasteiger partial charge on any atom is 0.326 e. The minimum absolute atomic E-state index is 0.173. The molecule has 0 unspecified atom stereocenters. The van der Waals surface area contributed by atoms with Gasteiger partial charge in [-0.1, -0.05) is 24.3 Å². The Morgan fingerprint density at radius 3 is 2.64 bits per heavy atom. The summed E-state index contributed by atoms with van der Waals surface area (Å²) in [6.45, 7) is 1.32. The van der Waals surface area contributed by atoms with Crippen LogP contribution in [0.2, 0.25) is 0 Å². The summed E-state index contributed by atoms with van der Waals surface area (Å²) in [6, 6.07) is 15.9. The van der Waals surface area contributed by atoms with Crippen LogP contribution in [0.1, 0.15) is 29.3 Å². The van der Waals surface area contributed by atoms with Crippen LogP contribution in [0.3, 0.4) is 0 Å². The molecule has 1 N–H and O–H groups in total. The molecule has 0 aliphatic carbocycles. The lowest BCUT2D eigenvalue weighted by Crippen LogP contribution is -2.31. The van der Waals surface area contributed by atoms with E-state index in [9.17, 15) is 9.59 Å². The van der Waals surface area contributed by atoms with E-state index >= 15 is 0 Å². The minimum atomic E-state index is -0.744. The first-order valence-electron chi connectivity index (χ1n) is 8.57. The van der Waals surface area contributed by atoms with Crippen LogP contribution in [0.25, 0.3) is 11.5 Å². The zero-order chi connectivity index (χ0) is 19.9. The number of hydrogen-bond acceptors (Lipinski definition) is 7. The fourth-order valence-corrected chi connectivity index (χ4v) is 2.40. The maximum absolute atomic E-state index is 12.1. The fourth-order valence-electron chi connectivity index (χ4n) is 2.40. The maximum atomic E-state index is 12.1. The molecule has 28 heavy (non-hydrogen) atoms. The number of benzene rings is 2. The van der Waals surface area contributed by atoms with Gasteiger partial charge in [0.05, 0.1) is 7.11 Å². The van der Waals surface area contributed by atoms with Crippen LogP contribution < -0.4 is 10.1 Å². The first-order valence-corrected chi connectivity index (χ1v) is 8.57. The Hall–Kier alpha value is -3.68. The summed E-state index contributed by atoms with van der Waals surface area (Å²) < 4.78 is 15.9. The van der Waals surface area contributed by atoms with Crippen molar-refractivity contribution in [2.45, 2.75) is 13.0 Å². The van der Waals surface area contributed by atoms with E-state index in [1.54, 1.807) is 31.2 Å². The van der Waals surface area contributed by atoms with Crippen LogP contribution in [-0.2, 0) is 9.53 Å². The lowest BCUT2D eigenvalue weighted by Gasteiger charge is -2.10. The summed E-state index contributed by atoms with van der Waals surface area (Å²) in [4.78, 5) is 24.1. The number of methoxy groups -OCH3 is 1. The summed E-state index contributed by atoms with van der Waals surface area (Å²) in [7, 11) is 1.51. The third-order valence-corrected chi connectivity index (χ3v) is 3.84. The predicted octanol–water partition coefficient (Wildman–Crippen LogP) is 2.78. The average Bonchev–Trinajstić information content (AvgIpc) is 3.23. The van der Waals surface area contributed by atoms with Gasteiger partial charge in [-0.2, -0.15) is 0 Å². The SMILES string of the molecule is COc1cccc(C(=O)NCC(=O)O[C@@H](C)c2nnc(-c3ccccc3)o2)c1. The summed E-state index contributed by atoms with van der Waals surface area (Å²) in [5, 5.41) is 10.4. The highest BCUT2D eigenvalue weighted by Gasteiger charge is 2.19. The number of nitrogens with one attached hydrogen (secondary N) is 1. The molecule has 1 amide bonds. The van der Waals surface area contributed by atoms with Gasteiger partial charge in [-0.25, -0.2) is 0 Å². The van der Waals surface area contributed by atoms with Gasteiger partial charge in [0.1, 0.15) is 12.3 Å². The average molecular weight is 381 g/mol. The number of aromatic nitrogens is 2. The third-order valence-electron chi connectivity index (χ3n) is 3.84. The first kappa shape index (κ1) is 19.1. The molecular formula is C20H19N3O5. The van der Waals surface area contributed by atoms with E-state index in [0.29, 0.717) is 17.2 Å². The molecule has 8 heteroatoms. The van der Waals surface area contributed by atoms with Crippen molar-refractivity contribution in [1.29, 1.82) is 0 Å². The largest absolute Gasteiger partial charge is 0.497 e. The smallest absolute Gasteiger partial charge is 0.326 e. The van der Waals surface area contributed by atoms with Crippen LogP contribution in [0, 0.1) is 0 Å². The van der Waals surface area contributed by atoms with E-state index < -0.39 is 18.0 Å². The van der Waals surface area contributed by atoms with Gasteiger partial charge in [0, 0.05) is 11.1 Å². The number of ether oxygens (including phenoxy) is 2. The normalized spacial score (nSPS) is 11.5. The molecule has 1 atom stereocenters. The minimum Gasteiger partial charge on any atom is -0.497 e. The van der Waals surface area contributed by atoms with Crippen LogP contribution in [0.4, 0.5) is 0 Å². The molecule has 0 aliphatic heterocycles. The van der Waals surface area contributed by atoms with Gasteiger partial charge in [0.15, 0.2) is 6.10 Å². The highest BCUT2D eigenvalue weighted by atomic mass is 16.6. The lowest BCUT2D eigenvalue weighted by atomic mass is 10.2. The van der Waals surface area contributed by atoms with Crippen molar-refractivity contribution in [2.75, 3.05) is 13.7 Å². The van der Waals surface area contributed by atoms with Crippen molar-refractivity contribution in [3.05, 3.63) is 66.1 Å². The Kier molecular flexibility index (Phi) is 6.01. The quantitative estimate of drug-likeness (QED) is 0.628. The molecule has 1 heterocycles.